The molecule has 0 unspecified atom stereocenters. The van der Waals surface area contributed by atoms with Crippen LogP contribution < -0.4 is 9.47 Å². The molecule has 15 heavy (non-hydrogen) atoms. The van der Waals surface area contributed by atoms with E-state index in [4.69, 9.17) is 4.74 Å². The Morgan fingerprint density at radius 1 is 1.27 bits per heavy atom. The summed E-state index contributed by atoms with van der Waals surface area (Å²) in [7, 11) is 1.20. The van der Waals surface area contributed by atoms with Crippen LogP contribution in [-0.4, -0.2) is 13.7 Å². The van der Waals surface area contributed by atoms with Crippen LogP contribution in [0.15, 0.2) is 18.2 Å². The Morgan fingerprint density at radius 2 is 1.93 bits per heavy atom. The van der Waals surface area contributed by atoms with E-state index in [0.29, 0.717) is 6.61 Å². The zero-order valence-corrected chi connectivity index (χ0v) is 8.39. The molecule has 5 heteroatoms. The molecule has 0 aliphatic rings. The highest BCUT2D eigenvalue weighted by molar-refractivity contribution is 5.42. The van der Waals surface area contributed by atoms with E-state index in [2.05, 4.69) is 4.74 Å². The minimum Gasteiger partial charge on any atom is -0.496 e. The summed E-state index contributed by atoms with van der Waals surface area (Å²) < 4.78 is 47.2. The molecular weight excluding hydrogens is 209 g/mol. The minimum atomic E-state index is -4.43. The average molecular weight is 220 g/mol. The highest BCUT2D eigenvalue weighted by Gasteiger charge is 2.34. The molecule has 0 saturated heterocycles. The molecule has 0 atom stereocenters. The molecule has 0 heterocycles. The lowest BCUT2D eigenvalue weighted by Gasteiger charge is -2.13. The van der Waals surface area contributed by atoms with Crippen LogP contribution in [0.4, 0.5) is 13.2 Å². The molecule has 0 saturated carbocycles. The van der Waals surface area contributed by atoms with Crippen LogP contribution in [0.5, 0.6) is 11.5 Å². The summed E-state index contributed by atoms with van der Waals surface area (Å²) in [5, 5.41) is 0. The van der Waals surface area contributed by atoms with Crippen LogP contribution in [0, 0.1) is 0 Å². The number of ether oxygens (including phenoxy) is 2. The molecule has 0 radical (unpaired) electrons. The van der Waals surface area contributed by atoms with Crippen LogP contribution in [0.1, 0.15) is 12.5 Å². The second-order valence-corrected chi connectivity index (χ2v) is 2.79. The van der Waals surface area contributed by atoms with E-state index in [0.717, 1.165) is 6.07 Å². The van der Waals surface area contributed by atoms with Crippen LogP contribution in [-0.2, 0) is 6.18 Å². The minimum absolute atomic E-state index is 0.186. The molecule has 0 N–H and O–H groups in total. The number of alkyl halides is 3. The van der Waals surface area contributed by atoms with Crippen molar-refractivity contribution in [2.24, 2.45) is 0 Å². The van der Waals surface area contributed by atoms with Gasteiger partial charge in [0.05, 0.1) is 13.7 Å². The Kier molecular flexibility index (Phi) is 3.44. The van der Waals surface area contributed by atoms with Gasteiger partial charge in [-0.15, -0.1) is 0 Å². The molecular formula is C10H11F3O2. The second-order valence-electron chi connectivity index (χ2n) is 2.79. The van der Waals surface area contributed by atoms with E-state index in [1.165, 1.54) is 19.2 Å². The Hall–Kier alpha value is -1.39. The van der Waals surface area contributed by atoms with Crippen molar-refractivity contribution in [1.29, 1.82) is 0 Å². The first-order valence-corrected chi connectivity index (χ1v) is 4.37. The van der Waals surface area contributed by atoms with Gasteiger partial charge in [-0.05, 0) is 25.1 Å². The van der Waals surface area contributed by atoms with Gasteiger partial charge >= 0.3 is 6.18 Å². The second kappa shape index (κ2) is 4.42. The summed E-state index contributed by atoms with van der Waals surface area (Å²) in [6.07, 6.45) is -4.43. The van der Waals surface area contributed by atoms with Crippen molar-refractivity contribution < 1.29 is 22.6 Å². The molecule has 84 valence electrons. The lowest BCUT2D eigenvalue weighted by Crippen LogP contribution is -2.08. The topological polar surface area (TPSA) is 18.5 Å². The van der Waals surface area contributed by atoms with Gasteiger partial charge in [0.2, 0.25) is 0 Å². The first-order valence-electron chi connectivity index (χ1n) is 4.37. The fraction of sp³-hybridized carbons (Fsp3) is 0.400. The monoisotopic (exact) mass is 220 g/mol. The van der Waals surface area contributed by atoms with E-state index in [1.54, 1.807) is 6.92 Å². The molecule has 0 aliphatic carbocycles. The van der Waals surface area contributed by atoms with E-state index in [1.807, 2.05) is 0 Å². The van der Waals surface area contributed by atoms with Crippen molar-refractivity contribution in [3.8, 4) is 11.5 Å². The normalized spacial score (nSPS) is 11.3. The molecule has 0 spiro atoms. The third-order valence-electron chi connectivity index (χ3n) is 1.79. The number of hydrogen-bond donors (Lipinski definition) is 0. The van der Waals surface area contributed by atoms with E-state index in [-0.39, 0.29) is 11.5 Å². The van der Waals surface area contributed by atoms with Crippen LogP contribution in [0.2, 0.25) is 0 Å². The van der Waals surface area contributed by atoms with Crippen molar-refractivity contribution in [1.82, 2.24) is 0 Å². The van der Waals surface area contributed by atoms with Gasteiger partial charge in [-0.3, -0.25) is 0 Å². The molecule has 0 aliphatic heterocycles. The molecule has 2 nitrogen and oxygen atoms in total. The summed E-state index contributed by atoms with van der Waals surface area (Å²) in [6, 6.07) is 3.62. The summed E-state index contributed by atoms with van der Waals surface area (Å²) in [4.78, 5) is 0. The first kappa shape index (κ1) is 11.7. The molecule has 1 aromatic rings. The number of benzene rings is 1. The van der Waals surface area contributed by atoms with Gasteiger partial charge in [0, 0.05) is 0 Å². The summed E-state index contributed by atoms with van der Waals surface area (Å²) in [5.41, 5.74) is -0.823. The quantitative estimate of drug-likeness (QED) is 0.779. The van der Waals surface area contributed by atoms with Crippen molar-refractivity contribution in [2.75, 3.05) is 13.7 Å². The molecule has 0 amide bonds. The maximum atomic E-state index is 12.5. The predicted molar refractivity (Wildman–Crippen MR) is 49.2 cm³/mol. The SMILES string of the molecule is CCOc1ccc(OC)c(C(F)(F)F)c1. The van der Waals surface area contributed by atoms with E-state index >= 15 is 0 Å². The third-order valence-corrected chi connectivity index (χ3v) is 1.79. The van der Waals surface area contributed by atoms with E-state index in [9.17, 15) is 13.2 Å². The van der Waals surface area contributed by atoms with Gasteiger partial charge in [-0.2, -0.15) is 13.2 Å². The first-order chi connectivity index (χ1) is 6.99. The molecule has 1 rings (SSSR count). The van der Waals surface area contributed by atoms with E-state index < -0.39 is 11.7 Å². The van der Waals surface area contributed by atoms with Crippen LogP contribution in [0.3, 0.4) is 0 Å². The lowest BCUT2D eigenvalue weighted by molar-refractivity contribution is -0.138. The molecule has 1 aromatic carbocycles. The number of hydrogen-bond acceptors (Lipinski definition) is 2. The zero-order valence-electron chi connectivity index (χ0n) is 8.39. The van der Waals surface area contributed by atoms with Gasteiger partial charge in [0.25, 0.3) is 0 Å². The van der Waals surface area contributed by atoms with Crippen LogP contribution >= 0.6 is 0 Å². The predicted octanol–water partition coefficient (Wildman–Crippen LogP) is 3.11. The van der Waals surface area contributed by atoms with Gasteiger partial charge in [0.1, 0.15) is 17.1 Å². The summed E-state index contributed by atoms with van der Waals surface area (Å²) in [5.74, 6) is -0.0171. The maximum absolute atomic E-state index is 12.5. The number of halogens is 3. The standard InChI is InChI=1S/C10H11F3O2/c1-3-15-7-4-5-9(14-2)8(6-7)10(11,12)13/h4-6H,3H2,1-2H3. The third kappa shape index (κ3) is 2.78. The van der Waals surface area contributed by atoms with Crippen molar-refractivity contribution in [3.05, 3.63) is 23.8 Å². The Labute approximate surface area is 85.6 Å². The maximum Gasteiger partial charge on any atom is 0.420 e. The van der Waals surface area contributed by atoms with Gasteiger partial charge in [0.15, 0.2) is 0 Å². The average Bonchev–Trinajstić information content (AvgIpc) is 2.17. The Bertz CT molecular complexity index is 334. The van der Waals surface area contributed by atoms with Crippen molar-refractivity contribution in [3.63, 3.8) is 0 Å². The van der Waals surface area contributed by atoms with Crippen molar-refractivity contribution >= 4 is 0 Å². The Balaban J connectivity index is 3.13. The summed E-state index contributed by atoms with van der Waals surface area (Å²) in [6.45, 7) is 2.03. The van der Waals surface area contributed by atoms with Gasteiger partial charge in [-0.25, -0.2) is 0 Å². The Morgan fingerprint density at radius 3 is 2.40 bits per heavy atom. The van der Waals surface area contributed by atoms with Crippen LogP contribution in [0.25, 0.3) is 0 Å². The van der Waals surface area contributed by atoms with Gasteiger partial charge in [-0.1, -0.05) is 0 Å². The fourth-order valence-electron chi connectivity index (χ4n) is 1.17. The highest BCUT2D eigenvalue weighted by Crippen LogP contribution is 2.38. The fourth-order valence-corrected chi connectivity index (χ4v) is 1.17. The number of rotatable bonds is 3. The summed E-state index contributed by atoms with van der Waals surface area (Å²) >= 11 is 0. The highest BCUT2D eigenvalue weighted by atomic mass is 19.4. The number of methoxy groups -OCH3 is 1. The molecule has 0 bridgehead atoms. The molecule has 0 aromatic heterocycles. The zero-order chi connectivity index (χ0) is 11.5. The van der Waals surface area contributed by atoms with Gasteiger partial charge < -0.3 is 9.47 Å². The smallest absolute Gasteiger partial charge is 0.420 e. The molecule has 0 fully saturated rings. The van der Waals surface area contributed by atoms with Crippen molar-refractivity contribution in [2.45, 2.75) is 13.1 Å². The lowest BCUT2D eigenvalue weighted by atomic mass is 10.2. The largest absolute Gasteiger partial charge is 0.496 e.